The van der Waals surface area contributed by atoms with Gasteiger partial charge in [0.05, 0.1) is 31.9 Å². The molecule has 1 fully saturated rings. The number of benzene rings is 1. The minimum atomic E-state index is -1.03. The molecular formula is C18H17ClN2O4S. The number of hydrogen-bond acceptors (Lipinski definition) is 5. The molecule has 0 bridgehead atoms. The number of anilines is 1. The van der Waals surface area contributed by atoms with Gasteiger partial charge in [-0.1, -0.05) is 17.7 Å². The number of rotatable bonds is 5. The van der Waals surface area contributed by atoms with Crippen LogP contribution in [0.2, 0.25) is 5.02 Å². The number of aromatic carboxylic acids is 1. The number of nitrogens with zero attached hydrogens (tertiary/aromatic N) is 2. The van der Waals surface area contributed by atoms with Crippen LogP contribution in [0.3, 0.4) is 0 Å². The highest BCUT2D eigenvalue weighted by Crippen LogP contribution is 2.44. The second-order valence-corrected chi connectivity index (χ2v) is 7.12. The average molecular weight is 393 g/mol. The fourth-order valence-corrected chi connectivity index (χ4v) is 4.25. The highest BCUT2D eigenvalue weighted by molar-refractivity contribution is 7.18. The summed E-state index contributed by atoms with van der Waals surface area (Å²) in [6.45, 7) is 10.0. The van der Waals surface area contributed by atoms with E-state index in [1.807, 2.05) is 4.90 Å². The molecule has 1 aliphatic heterocycles. The van der Waals surface area contributed by atoms with Crippen LogP contribution in [0.5, 0.6) is 5.75 Å². The van der Waals surface area contributed by atoms with Crippen LogP contribution >= 0.6 is 22.9 Å². The van der Waals surface area contributed by atoms with Crippen LogP contribution in [0.1, 0.15) is 20.8 Å². The summed E-state index contributed by atoms with van der Waals surface area (Å²) in [4.78, 5) is 17.6. The molecular weight excluding hydrogens is 376 g/mol. The van der Waals surface area contributed by atoms with E-state index in [0.717, 1.165) is 16.9 Å². The Morgan fingerprint density at radius 2 is 2.19 bits per heavy atom. The first-order valence-electron chi connectivity index (χ1n) is 7.96. The van der Waals surface area contributed by atoms with E-state index in [-0.39, 0.29) is 11.3 Å². The lowest BCUT2D eigenvalue weighted by Crippen LogP contribution is -2.35. The predicted octanol–water partition coefficient (Wildman–Crippen LogP) is 4.09. The monoisotopic (exact) mass is 392 g/mol. The lowest BCUT2D eigenvalue weighted by molar-refractivity contribution is 0.0701. The predicted molar refractivity (Wildman–Crippen MR) is 101 cm³/mol. The van der Waals surface area contributed by atoms with Crippen LogP contribution in [0.4, 0.5) is 10.7 Å². The van der Waals surface area contributed by atoms with Gasteiger partial charge in [-0.2, -0.15) is 0 Å². The van der Waals surface area contributed by atoms with Crippen LogP contribution < -0.4 is 9.64 Å². The van der Waals surface area contributed by atoms with E-state index in [9.17, 15) is 9.90 Å². The molecule has 1 aromatic carbocycles. The van der Waals surface area contributed by atoms with Gasteiger partial charge in [0.15, 0.2) is 0 Å². The van der Waals surface area contributed by atoms with Crippen molar-refractivity contribution in [2.24, 2.45) is 0 Å². The van der Waals surface area contributed by atoms with Crippen molar-refractivity contribution in [3.63, 3.8) is 0 Å². The maximum atomic E-state index is 11.8. The van der Waals surface area contributed by atoms with Crippen LogP contribution in [0.15, 0.2) is 18.2 Å². The van der Waals surface area contributed by atoms with Gasteiger partial charge < -0.3 is 19.5 Å². The maximum Gasteiger partial charge on any atom is 0.344 e. The molecule has 0 saturated carbocycles. The van der Waals surface area contributed by atoms with E-state index in [0.29, 0.717) is 53.3 Å². The van der Waals surface area contributed by atoms with Crippen LogP contribution in [0, 0.1) is 6.57 Å². The number of halogens is 1. The number of thiophene rings is 1. The van der Waals surface area contributed by atoms with Gasteiger partial charge >= 0.3 is 5.97 Å². The van der Waals surface area contributed by atoms with Crippen molar-refractivity contribution in [2.45, 2.75) is 6.42 Å². The standard InChI is InChI=1S/C18H17ClN2O4S/c1-20-15-13(9-11-3-4-12(24-2)10-14(11)19)16(18(22)23)26-17(15)21-5-7-25-8-6-21/h3-4,10H,5-9H2,2H3,(H,22,23). The molecule has 3 rings (SSSR count). The lowest BCUT2D eigenvalue weighted by Gasteiger charge is -2.28. The van der Waals surface area contributed by atoms with Gasteiger partial charge in [0.25, 0.3) is 0 Å². The van der Waals surface area contributed by atoms with Crippen molar-refractivity contribution in [3.05, 3.63) is 50.6 Å². The van der Waals surface area contributed by atoms with E-state index >= 15 is 0 Å². The largest absolute Gasteiger partial charge is 0.497 e. The summed E-state index contributed by atoms with van der Waals surface area (Å²) < 4.78 is 10.5. The molecule has 0 amide bonds. The van der Waals surface area contributed by atoms with Gasteiger partial charge in [0.1, 0.15) is 10.6 Å². The number of hydrogen-bond donors (Lipinski definition) is 1. The molecule has 2 heterocycles. The molecule has 0 radical (unpaired) electrons. The van der Waals surface area contributed by atoms with Gasteiger partial charge in [0, 0.05) is 18.1 Å². The van der Waals surface area contributed by atoms with Crippen molar-refractivity contribution in [1.29, 1.82) is 0 Å². The van der Waals surface area contributed by atoms with E-state index in [1.54, 1.807) is 25.3 Å². The Balaban J connectivity index is 2.03. The minimum Gasteiger partial charge on any atom is -0.497 e. The molecule has 6 nitrogen and oxygen atoms in total. The first-order valence-corrected chi connectivity index (χ1v) is 9.16. The Hall–Kier alpha value is -2.27. The quantitative estimate of drug-likeness (QED) is 0.776. The smallest absolute Gasteiger partial charge is 0.344 e. The molecule has 0 unspecified atom stereocenters. The fraction of sp³-hybridized carbons (Fsp3) is 0.333. The molecule has 0 aliphatic carbocycles. The maximum absolute atomic E-state index is 11.8. The molecule has 1 aliphatic rings. The minimum absolute atomic E-state index is 0.185. The van der Waals surface area contributed by atoms with E-state index in [4.69, 9.17) is 27.6 Å². The van der Waals surface area contributed by atoms with Crippen LogP contribution in [0.25, 0.3) is 4.85 Å². The molecule has 0 spiro atoms. The summed E-state index contributed by atoms with van der Waals surface area (Å²) in [5, 5.41) is 10.8. The molecule has 1 N–H and O–H groups in total. The normalized spacial score (nSPS) is 14.1. The van der Waals surface area contributed by atoms with E-state index in [2.05, 4.69) is 4.85 Å². The number of methoxy groups -OCH3 is 1. The number of carboxylic acids is 1. The third kappa shape index (κ3) is 3.63. The SMILES string of the molecule is [C-]#[N+]c1c(N2CCOCC2)sc(C(=O)O)c1Cc1ccc(OC)cc1Cl. The molecule has 26 heavy (non-hydrogen) atoms. The van der Waals surface area contributed by atoms with E-state index < -0.39 is 5.97 Å². The van der Waals surface area contributed by atoms with Crippen LogP contribution in [-0.4, -0.2) is 44.5 Å². The molecule has 8 heteroatoms. The summed E-state index contributed by atoms with van der Waals surface area (Å²) in [6.07, 6.45) is 0.281. The lowest BCUT2D eigenvalue weighted by atomic mass is 10.0. The Bertz CT molecular complexity index is 869. The van der Waals surface area contributed by atoms with Crippen molar-refractivity contribution in [2.75, 3.05) is 38.3 Å². The zero-order valence-corrected chi connectivity index (χ0v) is 15.7. The fourth-order valence-electron chi connectivity index (χ4n) is 2.86. The number of morpholine rings is 1. The third-order valence-electron chi connectivity index (χ3n) is 4.19. The average Bonchev–Trinajstić information content (AvgIpc) is 3.02. The van der Waals surface area contributed by atoms with Gasteiger partial charge in [0.2, 0.25) is 5.69 Å². The first kappa shape index (κ1) is 18.5. The zero-order chi connectivity index (χ0) is 18.7. The van der Waals surface area contributed by atoms with Crippen molar-refractivity contribution < 1.29 is 19.4 Å². The molecule has 1 aromatic heterocycles. The Morgan fingerprint density at radius 3 is 2.77 bits per heavy atom. The van der Waals surface area contributed by atoms with Crippen molar-refractivity contribution in [3.8, 4) is 5.75 Å². The molecule has 2 aromatic rings. The topological polar surface area (TPSA) is 63.4 Å². The van der Waals surface area contributed by atoms with Crippen molar-refractivity contribution in [1.82, 2.24) is 0 Å². The molecule has 136 valence electrons. The Labute approximate surface area is 160 Å². The van der Waals surface area contributed by atoms with E-state index in [1.165, 1.54) is 0 Å². The number of carboxylic acid groups (broad SMARTS) is 1. The highest BCUT2D eigenvalue weighted by atomic mass is 35.5. The Morgan fingerprint density at radius 1 is 1.46 bits per heavy atom. The Kier molecular flexibility index (Phi) is 5.67. The molecule has 0 atom stereocenters. The summed E-state index contributed by atoms with van der Waals surface area (Å²) >= 11 is 7.46. The number of carbonyl (C=O) groups is 1. The molecule has 1 saturated heterocycles. The van der Waals surface area contributed by atoms with Crippen molar-refractivity contribution >= 4 is 39.6 Å². The summed E-state index contributed by atoms with van der Waals surface area (Å²) in [7, 11) is 1.55. The second kappa shape index (κ2) is 7.96. The zero-order valence-electron chi connectivity index (χ0n) is 14.1. The highest BCUT2D eigenvalue weighted by Gasteiger charge is 2.27. The summed E-state index contributed by atoms with van der Waals surface area (Å²) in [5.74, 6) is -0.402. The van der Waals surface area contributed by atoms with Gasteiger partial charge in [-0.25, -0.2) is 9.64 Å². The third-order valence-corrected chi connectivity index (χ3v) is 5.81. The van der Waals surface area contributed by atoms with Gasteiger partial charge in [-0.3, -0.25) is 0 Å². The first-order chi connectivity index (χ1) is 12.5. The summed E-state index contributed by atoms with van der Waals surface area (Å²) in [6, 6.07) is 5.26. The van der Waals surface area contributed by atoms with Gasteiger partial charge in [-0.15, -0.1) is 11.3 Å². The summed E-state index contributed by atoms with van der Waals surface area (Å²) in [5.41, 5.74) is 1.65. The number of ether oxygens (including phenoxy) is 2. The second-order valence-electron chi connectivity index (χ2n) is 5.71. The van der Waals surface area contributed by atoms with Gasteiger partial charge in [-0.05, 0) is 29.7 Å². The van der Waals surface area contributed by atoms with Crippen LogP contribution in [-0.2, 0) is 11.2 Å².